The summed E-state index contributed by atoms with van der Waals surface area (Å²) in [5, 5.41) is 0. The smallest absolute Gasteiger partial charge is 0.228 e. The van der Waals surface area contributed by atoms with Crippen LogP contribution in [-0.2, 0) is 4.79 Å². The fourth-order valence-corrected chi connectivity index (χ4v) is 2.51. The Kier molecular flexibility index (Phi) is 6.25. The second-order valence-electron chi connectivity index (χ2n) is 4.49. The molecule has 0 bridgehead atoms. The second-order valence-corrected chi connectivity index (χ2v) is 5.59. The van der Waals surface area contributed by atoms with E-state index in [0.717, 1.165) is 5.75 Å². The lowest BCUT2D eigenvalue weighted by molar-refractivity contribution is -0.136. The van der Waals surface area contributed by atoms with Crippen molar-refractivity contribution in [3.63, 3.8) is 0 Å². The van der Waals surface area contributed by atoms with E-state index in [-0.39, 0.29) is 11.3 Å². The molecule has 2 nitrogen and oxygen atoms in total. The first-order valence-corrected chi connectivity index (χ1v) is 6.36. The summed E-state index contributed by atoms with van der Waals surface area (Å²) in [7, 11) is 3.64. The summed E-state index contributed by atoms with van der Waals surface area (Å²) in [6.07, 6.45) is 2.48. The van der Waals surface area contributed by atoms with Crippen molar-refractivity contribution in [2.45, 2.75) is 33.6 Å². The van der Waals surface area contributed by atoms with E-state index in [4.69, 9.17) is 0 Å². The number of carbonyl (C=O) groups is 1. The molecule has 0 fully saturated rings. The molecule has 84 valence electrons. The Morgan fingerprint density at radius 1 is 1.36 bits per heavy atom. The minimum absolute atomic E-state index is 0.220. The van der Waals surface area contributed by atoms with E-state index in [0.29, 0.717) is 0 Å². The Bertz CT molecular complexity index is 178. The largest absolute Gasteiger partial charge is 0.348 e. The molecule has 0 spiro atoms. The van der Waals surface area contributed by atoms with Crippen molar-refractivity contribution in [1.82, 2.24) is 4.90 Å². The topological polar surface area (TPSA) is 20.3 Å². The molecule has 0 atom stereocenters. The standard InChI is InChI=1S/C11H23NOS/c1-6-7-8-14-9-11(2,3)10(13)12(4)5/h6-9H2,1-5H3. The summed E-state index contributed by atoms with van der Waals surface area (Å²) in [5.41, 5.74) is -0.220. The molecule has 0 aliphatic rings. The molecule has 0 heterocycles. The molecule has 0 N–H and O–H groups in total. The molecule has 0 aliphatic heterocycles. The van der Waals surface area contributed by atoms with E-state index in [1.807, 2.05) is 39.7 Å². The molecular formula is C11H23NOS. The highest BCUT2D eigenvalue weighted by Gasteiger charge is 2.28. The molecule has 14 heavy (non-hydrogen) atoms. The molecule has 0 aromatic rings. The predicted molar refractivity (Wildman–Crippen MR) is 64.7 cm³/mol. The molecule has 3 heteroatoms. The van der Waals surface area contributed by atoms with E-state index < -0.39 is 0 Å². The van der Waals surface area contributed by atoms with Gasteiger partial charge in [0.15, 0.2) is 0 Å². The molecule has 0 saturated heterocycles. The van der Waals surface area contributed by atoms with Gasteiger partial charge in [-0.2, -0.15) is 11.8 Å². The summed E-state index contributed by atoms with van der Waals surface area (Å²) in [4.78, 5) is 13.4. The van der Waals surface area contributed by atoms with Crippen molar-refractivity contribution >= 4 is 17.7 Å². The predicted octanol–water partition coefficient (Wildman–Crippen LogP) is 2.63. The Labute approximate surface area is 92.4 Å². The number of unbranched alkanes of at least 4 members (excludes halogenated alkanes) is 1. The number of hydrogen-bond acceptors (Lipinski definition) is 2. The zero-order valence-electron chi connectivity index (χ0n) is 10.1. The average molecular weight is 217 g/mol. The van der Waals surface area contributed by atoms with Gasteiger partial charge < -0.3 is 4.90 Å². The van der Waals surface area contributed by atoms with Crippen molar-refractivity contribution in [3.05, 3.63) is 0 Å². The van der Waals surface area contributed by atoms with E-state index in [9.17, 15) is 4.79 Å². The van der Waals surface area contributed by atoms with Gasteiger partial charge in [0, 0.05) is 19.8 Å². The van der Waals surface area contributed by atoms with Crippen LogP contribution in [0.3, 0.4) is 0 Å². The van der Waals surface area contributed by atoms with Gasteiger partial charge in [0.1, 0.15) is 0 Å². The highest BCUT2D eigenvalue weighted by molar-refractivity contribution is 7.99. The molecule has 0 aromatic heterocycles. The average Bonchev–Trinajstić information content (AvgIpc) is 2.11. The van der Waals surface area contributed by atoms with E-state index in [1.165, 1.54) is 18.6 Å². The van der Waals surface area contributed by atoms with Crippen LogP contribution in [0.1, 0.15) is 33.6 Å². The number of nitrogens with zero attached hydrogens (tertiary/aromatic N) is 1. The molecule has 1 amide bonds. The molecule has 0 aromatic carbocycles. The van der Waals surface area contributed by atoms with Gasteiger partial charge in [-0.1, -0.05) is 27.2 Å². The van der Waals surface area contributed by atoms with Gasteiger partial charge in [0.2, 0.25) is 5.91 Å². The first-order valence-electron chi connectivity index (χ1n) is 5.21. The molecule has 0 aliphatic carbocycles. The SMILES string of the molecule is CCCCSCC(C)(C)C(=O)N(C)C. The quantitative estimate of drug-likeness (QED) is 0.637. The third-order valence-electron chi connectivity index (χ3n) is 2.09. The van der Waals surface area contributed by atoms with Crippen LogP contribution in [0.2, 0.25) is 0 Å². The van der Waals surface area contributed by atoms with Crippen molar-refractivity contribution in [2.75, 3.05) is 25.6 Å². The molecular weight excluding hydrogens is 194 g/mol. The Hall–Kier alpha value is -0.180. The van der Waals surface area contributed by atoms with E-state index in [2.05, 4.69) is 6.92 Å². The van der Waals surface area contributed by atoms with E-state index in [1.54, 1.807) is 4.90 Å². The highest BCUT2D eigenvalue weighted by atomic mass is 32.2. The van der Waals surface area contributed by atoms with Gasteiger partial charge in [-0.15, -0.1) is 0 Å². The number of rotatable bonds is 6. The van der Waals surface area contributed by atoms with E-state index >= 15 is 0 Å². The zero-order valence-corrected chi connectivity index (χ0v) is 10.9. The van der Waals surface area contributed by atoms with Crippen LogP contribution in [-0.4, -0.2) is 36.4 Å². The summed E-state index contributed by atoms with van der Waals surface area (Å²) in [5.74, 6) is 2.31. The number of amides is 1. The Morgan fingerprint density at radius 3 is 2.36 bits per heavy atom. The fraction of sp³-hybridized carbons (Fsp3) is 0.909. The number of hydrogen-bond donors (Lipinski definition) is 0. The number of thioether (sulfide) groups is 1. The van der Waals surface area contributed by atoms with Gasteiger partial charge in [0.25, 0.3) is 0 Å². The van der Waals surface area contributed by atoms with Crippen LogP contribution >= 0.6 is 11.8 Å². The Balaban J connectivity index is 3.88. The van der Waals surface area contributed by atoms with Crippen LogP contribution in [0.25, 0.3) is 0 Å². The summed E-state index contributed by atoms with van der Waals surface area (Å²) in [6.45, 7) is 6.24. The first kappa shape index (κ1) is 13.8. The molecule has 0 radical (unpaired) electrons. The summed E-state index contributed by atoms with van der Waals surface area (Å²) in [6, 6.07) is 0. The maximum atomic E-state index is 11.7. The monoisotopic (exact) mass is 217 g/mol. The third kappa shape index (κ3) is 4.89. The van der Waals surface area contributed by atoms with Crippen molar-refractivity contribution < 1.29 is 4.79 Å². The fourth-order valence-electron chi connectivity index (χ4n) is 1.24. The maximum Gasteiger partial charge on any atom is 0.228 e. The lowest BCUT2D eigenvalue weighted by Crippen LogP contribution is -2.37. The highest BCUT2D eigenvalue weighted by Crippen LogP contribution is 2.24. The van der Waals surface area contributed by atoms with Gasteiger partial charge >= 0.3 is 0 Å². The normalized spacial score (nSPS) is 11.5. The summed E-state index contributed by atoms with van der Waals surface area (Å²) < 4.78 is 0. The minimum atomic E-state index is -0.220. The Morgan fingerprint density at radius 2 is 1.93 bits per heavy atom. The van der Waals surface area contributed by atoms with Crippen molar-refractivity contribution in [2.24, 2.45) is 5.41 Å². The molecule has 0 saturated carbocycles. The van der Waals surface area contributed by atoms with Gasteiger partial charge in [0.05, 0.1) is 5.41 Å². The van der Waals surface area contributed by atoms with Gasteiger partial charge in [-0.05, 0) is 12.2 Å². The first-order chi connectivity index (χ1) is 6.41. The summed E-state index contributed by atoms with van der Waals surface area (Å²) >= 11 is 1.88. The second kappa shape index (κ2) is 6.33. The van der Waals surface area contributed by atoms with Crippen LogP contribution in [0.5, 0.6) is 0 Å². The van der Waals surface area contributed by atoms with Crippen LogP contribution in [0.4, 0.5) is 0 Å². The minimum Gasteiger partial charge on any atom is -0.348 e. The lowest BCUT2D eigenvalue weighted by atomic mass is 9.95. The molecule has 0 unspecified atom stereocenters. The number of carbonyl (C=O) groups excluding carboxylic acids is 1. The molecule has 0 rings (SSSR count). The lowest BCUT2D eigenvalue weighted by Gasteiger charge is -2.26. The van der Waals surface area contributed by atoms with Gasteiger partial charge in [-0.3, -0.25) is 4.79 Å². The third-order valence-corrected chi connectivity index (χ3v) is 3.59. The van der Waals surface area contributed by atoms with Crippen molar-refractivity contribution in [3.8, 4) is 0 Å². The van der Waals surface area contributed by atoms with Crippen molar-refractivity contribution in [1.29, 1.82) is 0 Å². The van der Waals surface area contributed by atoms with Gasteiger partial charge in [-0.25, -0.2) is 0 Å². The zero-order chi connectivity index (χ0) is 11.2. The van der Waals surface area contributed by atoms with Crippen LogP contribution in [0.15, 0.2) is 0 Å². The van der Waals surface area contributed by atoms with Crippen LogP contribution in [0, 0.1) is 5.41 Å². The maximum absolute atomic E-state index is 11.7. The van der Waals surface area contributed by atoms with Crippen LogP contribution < -0.4 is 0 Å².